The van der Waals surface area contributed by atoms with Gasteiger partial charge in [0.05, 0.1) is 25.9 Å². The molecule has 0 spiro atoms. The lowest BCUT2D eigenvalue weighted by Crippen LogP contribution is -2.38. The fourth-order valence-electron chi connectivity index (χ4n) is 4.13. The first-order chi connectivity index (χ1) is 14.8. The lowest BCUT2D eigenvalue weighted by Gasteiger charge is -2.27. The molecule has 30 heavy (non-hydrogen) atoms. The zero-order valence-corrected chi connectivity index (χ0v) is 18.7. The fraction of sp³-hybridized carbons (Fsp3) is 0.708. The molecule has 3 rings (SSSR count). The van der Waals surface area contributed by atoms with Crippen LogP contribution in [-0.2, 0) is 22.6 Å². The van der Waals surface area contributed by atoms with E-state index in [1.165, 1.54) is 43.2 Å². The van der Waals surface area contributed by atoms with Gasteiger partial charge in [0.15, 0.2) is 5.96 Å². The van der Waals surface area contributed by atoms with Gasteiger partial charge in [0, 0.05) is 39.3 Å². The van der Waals surface area contributed by atoms with Gasteiger partial charge < -0.3 is 20.1 Å². The number of morpholine rings is 1. The lowest BCUT2D eigenvalue weighted by atomic mass is 9.98. The van der Waals surface area contributed by atoms with Gasteiger partial charge in [-0.1, -0.05) is 43.5 Å². The number of benzene rings is 1. The minimum atomic E-state index is 0.489. The molecular formula is C24H40N4O2. The minimum Gasteiger partial charge on any atom is -0.379 e. The molecule has 6 nitrogen and oxygen atoms in total. The summed E-state index contributed by atoms with van der Waals surface area (Å²) >= 11 is 0. The van der Waals surface area contributed by atoms with E-state index in [1.54, 1.807) is 0 Å². The minimum absolute atomic E-state index is 0.489. The molecule has 1 aromatic carbocycles. The van der Waals surface area contributed by atoms with Crippen molar-refractivity contribution in [3.8, 4) is 0 Å². The van der Waals surface area contributed by atoms with Crippen LogP contribution in [0.3, 0.4) is 0 Å². The van der Waals surface area contributed by atoms with Crippen LogP contribution in [-0.4, -0.2) is 63.0 Å². The van der Waals surface area contributed by atoms with Crippen molar-refractivity contribution in [2.24, 2.45) is 4.99 Å². The number of hydrogen-bond acceptors (Lipinski definition) is 4. The van der Waals surface area contributed by atoms with E-state index < -0.39 is 0 Å². The van der Waals surface area contributed by atoms with Crippen molar-refractivity contribution in [2.45, 2.75) is 64.6 Å². The van der Waals surface area contributed by atoms with Crippen LogP contribution in [0, 0.1) is 0 Å². The number of rotatable bonds is 10. The highest BCUT2D eigenvalue weighted by Crippen LogP contribution is 2.20. The van der Waals surface area contributed by atoms with Gasteiger partial charge in [-0.25, -0.2) is 4.99 Å². The normalized spacial score (nSPS) is 19.0. The van der Waals surface area contributed by atoms with E-state index in [0.717, 1.165) is 64.9 Å². The van der Waals surface area contributed by atoms with E-state index in [0.29, 0.717) is 12.6 Å². The van der Waals surface area contributed by atoms with Gasteiger partial charge in [0.2, 0.25) is 0 Å². The summed E-state index contributed by atoms with van der Waals surface area (Å²) in [4.78, 5) is 7.30. The Hall–Kier alpha value is -1.63. The van der Waals surface area contributed by atoms with Crippen LogP contribution in [0.2, 0.25) is 0 Å². The number of nitrogens with one attached hydrogen (secondary N) is 2. The Morgan fingerprint density at radius 3 is 2.63 bits per heavy atom. The predicted molar refractivity (Wildman–Crippen MR) is 123 cm³/mol. The predicted octanol–water partition coefficient (Wildman–Crippen LogP) is 3.31. The van der Waals surface area contributed by atoms with Crippen molar-refractivity contribution in [2.75, 3.05) is 46.0 Å². The average molecular weight is 417 g/mol. The largest absolute Gasteiger partial charge is 0.379 e. The quantitative estimate of drug-likeness (QED) is 0.348. The molecule has 168 valence electrons. The molecule has 2 fully saturated rings. The number of nitrogens with zero attached hydrogens (tertiary/aromatic N) is 2. The topological polar surface area (TPSA) is 58.1 Å². The van der Waals surface area contributed by atoms with Gasteiger partial charge in [-0.2, -0.15) is 0 Å². The summed E-state index contributed by atoms with van der Waals surface area (Å²) in [5.41, 5.74) is 2.65. The summed E-state index contributed by atoms with van der Waals surface area (Å²) in [5.74, 6) is 0.886. The van der Waals surface area contributed by atoms with Gasteiger partial charge in [-0.15, -0.1) is 0 Å². The summed E-state index contributed by atoms with van der Waals surface area (Å²) in [6.45, 7) is 10.0. The van der Waals surface area contributed by atoms with Crippen LogP contribution in [0.25, 0.3) is 0 Å². The first-order valence-corrected chi connectivity index (χ1v) is 11.9. The number of guanidine groups is 1. The maximum absolute atomic E-state index is 6.03. The van der Waals surface area contributed by atoms with Crippen molar-refractivity contribution in [3.05, 3.63) is 35.4 Å². The second-order valence-electron chi connectivity index (χ2n) is 8.26. The first kappa shape index (κ1) is 23.0. The van der Waals surface area contributed by atoms with Gasteiger partial charge >= 0.3 is 0 Å². The number of aliphatic imine (C=N–C) groups is 1. The highest BCUT2D eigenvalue weighted by molar-refractivity contribution is 5.79. The maximum atomic E-state index is 6.03. The Morgan fingerprint density at radius 2 is 1.87 bits per heavy atom. The lowest BCUT2D eigenvalue weighted by molar-refractivity contribution is 0.0277. The standard InChI is InChI=1S/C24H40N4O2/c1-2-25-24(26-13-8-16-30-23-11-4-3-5-12-23)27-19-21-9-6-7-10-22(21)20-28-14-17-29-18-15-28/h6-7,9-10,23H,2-5,8,11-20H2,1H3,(H2,25,26,27). The van der Waals surface area contributed by atoms with Crippen LogP contribution >= 0.6 is 0 Å². The van der Waals surface area contributed by atoms with Gasteiger partial charge in [-0.3, -0.25) is 4.90 Å². The molecule has 2 N–H and O–H groups in total. The summed E-state index contributed by atoms with van der Waals surface area (Å²) in [5, 5.41) is 6.83. The zero-order valence-electron chi connectivity index (χ0n) is 18.7. The second kappa shape index (κ2) is 13.6. The van der Waals surface area contributed by atoms with Gasteiger partial charge in [0.1, 0.15) is 0 Å². The third-order valence-corrected chi connectivity index (χ3v) is 5.89. The Bertz CT molecular complexity index is 625. The number of ether oxygens (including phenoxy) is 2. The molecular weight excluding hydrogens is 376 g/mol. The van der Waals surface area contributed by atoms with E-state index in [4.69, 9.17) is 14.5 Å². The van der Waals surface area contributed by atoms with Crippen LogP contribution in [0.5, 0.6) is 0 Å². The summed E-state index contributed by atoms with van der Waals surface area (Å²) in [7, 11) is 0. The van der Waals surface area contributed by atoms with Crippen LogP contribution in [0.15, 0.2) is 29.3 Å². The van der Waals surface area contributed by atoms with Crippen LogP contribution in [0.4, 0.5) is 0 Å². The van der Waals surface area contributed by atoms with Crippen LogP contribution < -0.4 is 10.6 Å². The Balaban J connectivity index is 1.44. The molecule has 6 heteroatoms. The Labute approximate surface area is 182 Å². The molecule has 1 saturated carbocycles. The zero-order chi connectivity index (χ0) is 20.9. The molecule has 1 saturated heterocycles. The highest BCUT2D eigenvalue weighted by Gasteiger charge is 2.14. The molecule has 1 heterocycles. The smallest absolute Gasteiger partial charge is 0.191 e. The molecule has 0 bridgehead atoms. The molecule has 0 aromatic heterocycles. The molecule has 1 aliphatic carbocycles. The summed E-state index contributed by atoms with van der Waals surface area (Å²) in [6, 6.07) is 8.65. The fourth-order valence-corrected chi connectivity index (χ4v) is 4.13. The second-order valence-corrected chi connectivity index (χ2v) is 8.26. The van der Waals surface area contributed by atoms with E-state index >= 15 is 0 Å². The van der Waals surface area contributed by atoms with Gasteiger partial charge in [-0.05, 0) is 37.3 Å². The first-order valence-electron chi connectivity index (χ1n) is 11.9. The third kappa shape index (κ3) is 8.25. The molecule has 0 radical (unpaired) electrons. The maximum Gasteiger partial charge on any atom is 0.191 e. The molecule has 0 amide bonds. The van der Waals surface area contributed by atoms with Gasteiger partial charge in [0.25, 0.3) is 0 Å². The number of hydrogen-bond donors (Lipinski definition) is 2. The average Bonchev–Trinajstić information content (AvgIpc) is 2.79. The SMILES string of the molecule is CCNC(=NCc1ccccc1CN1CCOCC1)NCCCOC1CCCCC1. The van der Waals surface area contributed by atoms with E-state index in [2.05, 4.69) is 46.7 Å². The summed E-state index contributed by atoms with van der Waals surface area (Å²) < 4.78 is 11.5. The van der Waals surface area contributed by atoms with Crippen molar-refractivity contribution < 1.29 is 9.47 Å². The van der Waals surface area contributed by atoms with E-state index in [-0.39, 0.29) is 0 Å². The molecule has 1 aliphatic heterocycles. The van der Waals surface area contributed by atoms with Crippen molar-refractivity contribution in [1.82, 2.24) is 15.5 Å². The Kier molecular flexibility index (Phi) is 10.5. The van der Waals surface area contributed by atoms with Crippen molar-refractivity contribution in [1.29, 1.82) is 0 Å². The van der Waals surface area contributed by atoms with Crippen molar-refractivity contribution in [3.63, 3.8) is 0 Å². The summed E-state index contributed by atoms with van der Waals surface area (Å²) in [6.07, 6.45) is 8.00. The van der Waals surface area contributed by atoms with Crippen molar-refractivity contribution >= 4 is 5.96 Å². The van der Waals surface area contributed by atoms with E-state index in [9.17, 15) is 0 Å². The van der Waals surface area contributed by atoms with E-state index in [1.807, 2.05) is 0 Å². The molecule has 0 unspecified atom stereocenters. The Morgan fingerprint density at radius 1 is 1.10 bits per heavy atom. The highest BCUT2D eigenvalue weighted by atomic mass is 16.5. The third-order valence-electron chi connectivity index (χ3n) is 5.89. The monoisotopic (exact) mass is 416 g/mol. The molecule has 0 atom stereocenters. The molecule has 2 aliphatic rings. The molecule has 1 aromatic rings. The van der Waals surface area contributed by atoms with Crippen LogP contribution in [0.1, 0.15) is 56.6 Å².